The van der Waals surface area contributed by atoms with Crippen molar-refractivity contribution >= 4 is 17.8 Å². The smallest absolute Gasteiger partial charge is 0.260 e. The Morgan fingerprint density at radius 1 is 0.939 bits per heavy atom. The van der Waals surface area contributed by atoms with Gasteiger partial charge >= 0.3 is 0 Å². The molecule has 0 radical (unpaired) electrons. The zero-order chi connectivity index (χ0) is 23.2. The molecule has 7 nitrogen and oxygen atoms in total. The minimum atomic E-state index is -0.0655. The normalized spacial score (nSPS) is 16.6. The van der Waals surface area contributed by atoms with Gasteiger partial charge in [0.1, 0.15) is 0 Å². The van der Waals surface area contributed by atoms with Crippen molar-refractivity contribution in [1.29, 1.82) is 0 Å². The number of para-hydroxylation sites is 2. The van der Waals surface area contributed by atoms with E-state index in [1.54, 1.807) is 31.3 Å². The van der Waals surface area contributed by atoms with E-state index in [0.29, 0.717) is 36.0 Å². The molecule has 0 saturated carbocycles. The molecular weight excluding hydrogens is 420 g/mol. The topological polar surface area (TPSA) is 69.6 Å². The third kappa shape index (κ3) is 5.13. The number of hydrogen-bond donors (Lipinski definition) is 0. The quantitative estimate of drug-likeness (QED) is 0.467. The Balaban J connectivity index is 1.30. The molecule has 0 fully saturated rings. The van der Waals surface area contributed by atoms with E-state index in [1.807, 2.05) is 43.6 Å². The number of rotatable bonds is 10. The highest BCUT2D eigenvalue weighted by Gasteiger charge is 2.31. The number of carbonyl (C=O) groups excluding carboxylic acids is 1. The van der Waals surface area contributed by atoms with E-state index in [4.69, 9.17) is 18.9 Å². The third-order valence-corrected chi connectivity index (χ3v) is 5.75. The summed E-state index contributed by atoms with van der Waals surface area (Å²) in [6.07, 6.45) is 7.30. The van der Waals surface area contributed by atoms with Gasteiger partial charge in [-0.3, -0.25) is 9.79 Å². The second-order valence-corrected chi connectivity index (χ2v) is 8.17. The number of methoxy groups -OCH3 is 2. The number of hydrogen-bond acceptors (Lipinski definition) is 6. The lowest BCUT2D eigenvalue weighted by Gasteiger charge is -2.19. The third-order valence-electron chi connectivity index (χ3n) is 5.75. The zero-order valence-corrected chi connectivity index (χ0v) is 19.4. The molecule has 2 aliphatic heterocycles. The maximum absolute atomic E-state index is 13.0. The number of aliphatic imine (C=N–C) groups is 1. The lowest BCUT2D eigenvalue weighted by Crippen LogP contribution is -2.32. The first-order chi connectivity index (χ1) is 16.1. The average molecular weight is 451 g/mol. The Bertz CT molecular complexity index is 1060. The van der Waals surface area contributed by atoms with Crippen LogP contribution in [0, 0.1) is 0 Å². The van der Waals surface area contributed by atoms with Crippen molar-refractivity contribution in [3.63, 3.8) is 0 Å². The van der Waals surface area contributed by atoms with Crippen LogP contribution in [0.3, 0.4) is 0 Å². The highest BCUT2D eigenvalue weighted by atomic mass is 16.5. The van der Waals surface area contributed by atoms with Gasteiger partial charge in [-0.25, -0.2) is 0 Å². The number of nitrogens with zero attached hydrogens (tertiary/aromatic N) is 2. The molecule has 7 heteroatoms. The summed E-state index contributed by atoms with van der Waals surface area (Å²) < 4.78 is 22.6. The maximum Gasteiger partial charge on any atom is 0.260 e. The molecule has 0 spiro atoms. The van der Waals surface area contributed by atoms with Crippen molar-refractivity contribution in [3.8, 4) is 23.0 Å². The lowest BCUT2D eigenvalue weighted by molar-refractivity contribution is 0.0817. The van der Waals surface area contributed by atoms with Crippen LogP contribution < -0.4 is 18.9 Å². The molecule has 0 bridgehead atoms. The molecule has 0 saturated heterocycles. The Morgan fingerprint density at radius 3 is 2.36 bits per heavy atom. The molecule has 2 aromatic carbocycles. The average Bonchev–Trinajstić information content (AvgIpc) is 3.16. The zero-order valence-electron chi connectivity index (χ0n) is 19.4. The van der Waals surface area contributed by atoms with Crippen molar-refractivity contribution in [2.45, 2.75) is 38.6 Å². The fourth-order valence-electron chi connectivity index (χ4n) is 4.04. The lowest BCUT2D eigenvalue weighted by atomic mass is 10.1. The molecule has 2 heterocycles. The van der Waals surface area contributed by atoms with Crippen LogP contribution in [0.25, 0.3) is 0 Å². The minimum absolute atomic E-state index is 0.0293. The van der Waals surface area contributed by atoms with Crippen LogP contribution in [0.2, 0.25) is 0 Å². The summed E-state index contributed by atoms with van der Waals surface area (Å²) in [6, 6.07) is 11.1. The van der Waals surface area contributed by atoms with Gasteiger partial charge < -0.3 is 23.8 Å². The number of ether oxygens (including phenoxy) is 4. The van der Waals surface area contributed by atoms with Gasteiger partial charge in [0.15, 0.2) is 23.0 Å². The monoisotopic (exact) mass is 450 g/mol. The van der Waals surface area contributed by atoms with Gasteiger partial charge in [0.2, 0.25) is 0 Å². The Kier molecular flexibility index (Phi) is 7.17. The molecule has 33 heavy (non-hydrogen) atoms. The second kappa shape index (κ2) is 10.4. The molecule has 0 N–H and O–H groups in total. The predicted octanol–water partition coefficient (Wildman–Crippen LogP) is 5.17. The van der Waals surface area contributed by atoms with Crippen molar-refractivity contribution in [2.75, 3.05) is 27.4 Å². The van der Waals surface area contributed by atoms with E-state index >= 15 is 0 Å². The Labute approximate surface area is 194 Å². The van der Waals surface area contributed by atoms with Crippen LogP contribution in [0.15, 0.2) is 53.2 Å². The molecule has 0 unspecified atom stereocenters. The molecule has 0 aromatic heterocycles. The highest BCUT2D eigenvalue weighted by Crippen LogP contribution is 2.38. The van der Waals surface area contributed by atoms with E-state index in [-0.39, 0.29) is 11.9 Å². The standard InChI is InChI=1S/C26H30N2O5/c1-18-13-19-16-27-21-15-25(24(31-3)14-20(21)26(29)28(19)17-18)33-12-8-4-7-11-32-23-10-6-5-9-22(23)30-2/h5-6,9-10,14-17,19H,4,7-8,11-13H2,1-3H3/t19-/m0/s1. The fourth-order valence-corrected chi connectivity index (χ4v) is 4.04. The van der Waals surface area contributed by atoms with Crippen molar-refractivity contribution in [2.24, 2.45) is 4.99 Å². The Hall–Kier alpha value is -3.48. The first-order valence-corrected chi connectivity index (χ1v) is 11.3. The first kappa shape index (κ1) is 22.7. The van der Waals surface area contributed by atoms with E-state index in [9.17, 15) is 4.79 Å². The molecular formula is C26H30N2O5. The summed E-state index contributed by atoms with van der Waals surface area (Å²) in [5.41, 5.74) is 2.31. The van der Waals surface area contributed by atoms with E-state index < -0.39 is 0 Å². The number of fused-ring (bicyclic) bond motifs is 2. The summed E-state index contributed by atoms with van der Waals surface area (Å²) in [4.78, 5) is 19.4. The maximum atomic E-state index is 13.0. The number of amides is 1. The van der Waals surface area contributed by atoms with Crippen molar-refractivity contribution < 1.29 is 23.7 Å². The minimum Gasteiger partial charge on any atom is -0.493 e. The Morgan fingerprint density at radius 2 is 1.64 bits per heavy atom. The van der Waals surface area contributed by atoms with Crippen LogP contribution in [-0.4, -0.2) is 50.5 Å². The first-order valence-electron chi connectivity index (χ1n) is 11.3. The largest absolute Gasteiger partial charge is 0.493 e. The van der Waals surface area contributed by atoms with Gasteiger partial charge in [0.05, 0.1) is 44.7 Å². The number of carbonyl (C=O) groups is 1. The molecule has 4 rings (SSSR count). The van der Waals surface area contributed by atoms with Crippen LogP contribution in [0.1, 0.15) is 43.0 Å². The van der Waals surface area contributed by atoms with Crippen LogP contribution >= 0.6 is 0 Å². The molecule has 1 amide bonds. The molecule has 0 aliphatic carbocycles. The van der Waals surface area contributed by atoms with Gasteiger partial charge in [-0.15, -0.1) is 0 Å². The molecule has 2 aliphatic rings. The van der Waals surface area contributed by atoms with Crippen LogP contribution in [0.4, 0.5) is 5.69 Å². The van der Waals surface area contributed by atoms with E-state index in [0.717, 1.165) is 37.2 Å². The molecule has 2 aromatic rings. The second-order valence-electron chi connectivity index (χ2n) is 8.17. The SMILES string of the molecule is COc1ccccc1OCCCCCOc1cc2c(cc1OC)C(=O)N1C=C(C)C[C@H]1C=N2. The summed E-state index contributed by atoms with van der Waals surface area (Å²) >= 11 is 0. The van der Waals surface area contributed by atoms with E-state index in [2.05, 4.69) is 4.99 Å². The summed E-state index contributed by atoms with van der Waals surface area (Å²) in [5, 5.41) is 0. The fraction of sp³-hybridized carbons (Fsp3) is 0.385. The van der Waals surface area contributed by atoms with Crippen molar-refractivity contribution in [3.05, 3.63) is 53.7 Å². The summed E-state index contributed by atoms with van der Waals surface area (Å²) in [5.74, 6) is 2.57. The number of unbranched alkanes of at least 4 members (excludes halogenated alkanes) is 2. The highest BCUT2D eigenvalue weighted by molar-refractivity contribution is 6.04. The van der Waals surface area contributed by atoms with Crippen LogP contribution in [0.5, 0.6) is 23.0 Å². The van der Waals surface area contributed by atoms with Gasteiger partial charge in [0, 0.05) is 18.5 Å². The van der Waals surface area contributed by atoms with Crippen LogP contribution in [-0.2, 0) is 0 Å². The summed E-state index contributed by atoms with van der Waals surface area (Å²) in [6.45, 7) is 3.18. The van der Waals surface area contributed by atoms with E-state index in [1.165, 1.54) is 5.57 Å². The predicted molar refractivity (Wildman–Crippen MR) is 127 cm³/mol. The van der Waals surface area contributed by atoms with Crippen molar-refractivity contribution in [1.82, 2.24) is 4.90 Å². The molecule has 174 valence electrons. The van der Waals surface area contributed by atoms with Gasteiger partial charge in [-0.1, -0.05) is 17.7 Å². The summed E-state index contributed by atoms with van der Waals surface area (Å²) in [7, 11) is 3.22. The van der Waals surface area contributed by atoms with Gasteiger partial charge in [-0.2, -0.15) is 0 Å². The van der Waals surface area contributed by atoms with Gasteiger partial charge in [-0.05, 0) is 50.8 Å². The number of benzene rings is 2. The van der Waals surface area contributed by atoms with Gasteiger partial charge in [0.25, 0.3) is 5.91 Å². The molecule has 1 atom stereocenters.